The summed E-state index contributed by atoms with van der Waals surface area (Å²) in [6.07, 6.45) is 0.975. The van der Waals surface area contributed by atoms with E-state index in [1.165, 1.54) is 0 Å². The molecule has 0 aliphatic rings. The van der Waals surface area contributed by atoms with Crippen LogP contribution in [-0.4, -0.2) is 32.8 Å². The Morgan fingerprint density at radius 2 is 1.96 bits per heavy atom. The van der Waals surface area contributed by atoms with Crippen LogP contribution in [0.4, 0.5) is 0 Å². The van der Waals surface area contributed by atoms with Gasteiger partial charge in [-0.25, -0.2) is 0 Å². The first-order valence-electron chi connectivity index (χ1n) is 8.28. The molecule has 0 aliphatic heterocycles. The molecule has 1 unspecified atom stereocenters. The third-order valence-corrected chi connectivity index (χ3v) is 3.74. The Hall–Kier alpha value is -1.91. The Morgan fingerprint density at radius 3 is 2.52 bits per heavy atom. The molecular formula is C18H31N3O2. The highest BCUT2D eigenvalue weighted by Crippen LogP contribution is 2.28. The molecule has 0 saturated heterocycles. The van der Waals surface area contributed by atoms with Crippen molar-refractivity contribution in [2.24, 2.45) is 10.9 Å². The van der Waals surface area contributed by atoms with Gasteiger partial charge >= 0.3 is 0 Å². The third-order valence-electron chi connectivity index (χ3n) is 3.74. The van der Waals surface area contributed by atoms with E-state index in [0.717, 1.165) is 29.4 Å². The van der Waals surface area contributed by atoms with Crippen molar-refractivity contribution in [1.29, 1.82) is 0 Å². The number of nitrogens with one attached hydrogen (secondary N) is 2. The maximum atomic E-state index is 5.68. The summed E-state index contributed by atoms with van der Waals surface area (Å²) in [7, 11) is 3.45. The molecule has 0 spiro atoms. The SMILES string of the molecule is CCCOc1ccc(CNC(=NC)NC(C)C(C)C)cc1OC. The van der Waals surface area contributed by atoms with Gasteiger partial charge in [-0.3, -0.25) is 4.99 Å². The van der Waals surface area contributed by atoms with Crippen LogP contribution in [0.3, 0.4) is 0 Å². The number of ether oxygens (including phenoxy) is 2. The van der Waals surface area contributed by atoms with Crippen molar-refractivity contribution in [3.8, 4) is 11.5 Å². The van der Waals surface area contributed by atoms with Crippen LogP contribution >= 0.6 is 0 Å². The summed E-state index contributed by atoms with van der Waals surface area (Å²) in [6.45, 7) is 9.98. The van der Waals surface area contributed by atoms with Gasteiger partial charge in [0.2, 0.25) is 0 Å². The van der Waals surface area contributed by atoms with Crippen LogP contribution < -0.4 is 20.1 Å². The first kappa shape index (κ1) is 19.1. The lowest BCUT2D eigenvalue weighted by molar-refractivity contribution is 0.294. The monoisotopic (exact) mass is 321 g/mol. The molecule has 0 amide bonds. The van der Waals surface area contributed by atoms with Crippen LogP contribution in [0.15, 0.2) is 23.2 Å². The van der Waals surface area contributed by atoms with E-state index in [0.29, 0.717) is 25.1 Å². The Balaban J connectivity index is 2.66. The standard InChI is InChI=1S/C18H31N3O2/c1-7-10-23-16-9-8-15(11-17(16)22-6)12-20-18(19-5)21-14(4)13(2)3/h8-9,11,13-14H,7,10,12H2,1-6H3,(H2,19,20,21). The highest BCUT2D eigenvalue weighted by atomic mass is 16.5. The van der Waals surface area contributed by atoms with E-state index >= 15 is 0 Å². The van der Waals surface area contributed by atoms with Gasteiger partial charge in [-0.15, -0.1) is 0 Å². The average Bonchev–Trinajstić information content (AvgIpc) is 2.56. The van der Waals surface area contributed by atoms with Crippen LogP contribution in [0.5, 0.6) is 11.5 Å². The first-order chi connectivity index (χ1) is 11.0. The Kier molecular flexibility index (Phi) is 8.30. The summed E-state index contributed by atoms with van der Waals surface area (Å²) in [5.41, 5.74) is 1.12. The number of methoxy groups -OCH3 is 1. The summed E-state index contributed by atoms with van der Waals surface area (Å²) < 4.78 is 11.1. The largest absolute Gasteiger partial charge is 0.493 e. The first-order valence-corrected chi connectivity index (χ1v) is 8.28. The molecule has 2 N–H and O–H groups in total. The van der Waals surface area contributed by atoms with Gasteiger partial charge < -0.3 is 20.1 Å². The molecule has 0 saturated carbocycles. The van der Waals surface area contributed by atoms with E-state index in [1.807, 2.05) is 18.2 Å². The molecule has 1 rings (SSSR count). The van der Waals surface area contributed by atoms with Crippen molar-refractivity contribution in [1.82, 2.24) is 10.6 Å². The summed E-state index contributed by atoms with van der Waals surface area (Å²) in [4.78, 5) is 4.26. The molecular weight excluding hydrogens is 290 g/mol. The Bertz CT molecular complexity index is 501. The van der Waals surface area contributed by atoms with Gasteiger partial charge in [-0.05, 0) is 37.0 Å². The van der Waals surface area contributed by atoms with Crippen LogP contribution in [0.1, 0.15) is 39.7 Å². The highest BCUT2D eigenvalue weighted by Gasteiger charge is 2.10. The molecule has 1 aromatic carbocycles. The molecule has 5 heteroatoms. The lowest BCUT2D eigenvalue weighted by Gasteiger charge is -2.21. The Labute approximate surface area is 140 Å². The van der Waals surface area contributed by atoms with Crippen molar-refractivity contribution in [2.75, 3.05) is 20.8 Å². The number of nitrogens with zero attached hydrogens (tertiary/aromatic N) is 1. The fraction of sp³-hybridized carbons (Fsp3) is 0.611. The average molecular weight is 321 g/mol. The molecule has 0 aromatic heterocycles. The van der Waals surface area contributed by atoms with E-state index in [-0.39, 0.29) is 0 Å². The van der Waals surface area contributed by atoms with E-state index < -0.39 is 0 Å². The Morgan fingerprint density at radius 1 is 1.22 bits per heavy atom. The maximum absolute atomic E-state index is 5.68. The molecule has 130 valence electrons. The number of hydrogen-bond acceptors (Lipinski definition) is 3. The number of hydrogen-bond donors (Lipinski definition) is 2. The molecule has 0 heterocycles. The van der Waals surface area contributed by atoms with Crippen molar-refractivity contribution in [3.05, 3.63) is 23.8 Å². The van der Waals surface area contributed by atoms with Gasteiger partial charge in [-0.2, -0.15) is 0 Å². The topological polar surface area (TPSA) is 54.9 Å². The lowest BCUT2D eigenvalue weighted by Crippen LogP contribution is -2.43. The zero-order valence-corrected chi connectivity index (χ0v) is 15.3. The zero-order valence-electron chi connectivity index (χ0n) is 15.3. The molecule has 0 aliphatic carbocycles. The summed E-state index contributed by atoms with van der Waals surface area (Å²) in [6, 6.07) is 6.36. The predicted octanol–water partition coefficient (Wildman–Crippen LogP) is 3.19. The van der Waals surface area contributed by atoms with E-state index in [4.69, 9.17) is 9.47 Å². The summed E-state index contributed by atoms with van der Waals surface area (Å²) in [5, 5.41) is 6.72. The molecule has 0 fully saturated rings. The molecule has 1 aromatic rings. The second-order valence-electron chi connectivity index (χ2n) is 5.94. The van der Waals surface area contributed by atoms with E-state index in [9.17, 15) is 0 Å². The predicted molar refractivity (Wildman–Crippen MR) is 96.4 cm³/mol. The van der Waals surface area contributed by atoms with E-state index in [2.05, 4.69) is 43.3 Å². The summed E-state index contributed by atoms with van der Waals surface area (Å²) in [5.74, 6) is 2.89. The quantitative estimate of drug-likeness (QED) is 0.570. The van der Waals surface area contributed by atoms with Gasteiger partial charge in [0.15, 0.2) is 17.5 Å². The minimum Gasteiger partial charge on any atom is -0.493 e. The number of benzene rings is 1. The maximum Gasteiger partial charge on any atom is 0.191 e. The molecule has 23 heavy (non-hydrogen) atoms. The van der Waals surface area contributed by atoms with Crippen LogP contribution in [0, 0.1) is 5.92 Å². The normalized spacial score (nSPS) is 12.9. The lowest BCUT2D eigenvalue weighted by atomic mass is 10.1. The molecule has 0 bridgehead atoms. The van der Waals surface area contributed by atoms with Gasteiger partial charge in [-0.1, -0.05) is 26.8 Å². The summed E-state index contributed by atoms with van der Waals surface area (Å²) >= 11 is 0. The van der Waals surface area contributed by atoms with Crippen LogP contribution in [-0.2, 0) is 6.54 Å². The fourth-order valence-corrected chi connectivity index (χ4v) is 1.92. The molecule has 1 atom stereocenters. The molecule has 0 radical (unpaired) electrons. The third kappa shape index (κ3) is 6.38. The zero-order chi connectivity index (χ0) is 17.2. The van der Waals surface area contributed by atoms with Gasteiger partial charge in [0.25, 0.3) is 0 Å². The smallest absolute Gasteiger partial charge is 0.191 e. The number of aliphatic imine (C=N–C) groups is 1. The number of guanidine groups is 1. The fourth-order valence-electron chi connectivity index (χ4n) is 1.92. The molecule has 5 nitrogen and oxygen atoms in total. The van der Waals surface area contributed by atoms with Crippen LogP contribution in [0.2, 0.25) is 0 Å². The van der Waals surface area contributed by atoms with Gasteiger partial charge in [0.05, 0.1) is 13.7 Å². The minimum atomic E-state index is 0.362. The van der Waals surface area contributed by atoms with Crippen LogP contribution in [0.25, 0.3) is 0 Å². The van der Waals surface area contributed by atoms with Crippen molar-refractivity contribution >= 4 is 5.96 Å². The highest BCUT2D eigenvalue weighted by molar-refractivity contribution is 5.79. The van der Waals surface area contributed by atoms with E-state index in [1.54, 1.807) is 14.2 Å². The van der Waals surface area contributed by atoms with Gasteiger partial charge in [0.1, 0.15) is 0 Å². The van der Waals surface area contributed by atoms with Crippen molar-refractivity contribution < 1.29 is 9.47 Å². The van der Waals surface area contributed by atoms with Gasteiger partial charge in [0, 0.05) is 19.6 Å². The van der Waals surface area contributed by atoms with Crippen molar-refractivity contribution in [2.45, 2.75) is 46.7 Å². The van der Waals surface area contributed by atoms with Crippen molar-refractivity contribution in [3.63, 3.8) is 0 Å². The number of rotatable bonds is 8. The minimum absolute atomic E-state index is 0.362. The second-order valence-corrected chi connectivity index (χ2v) is 5.94. The second kappa shape index (κ2) is 9.98.